The van der Waals surface area contributed by atoms with Crippen molar-refractivity contribution in [2.24, 2.45) is 5.41 Å². The first-order valence-corrected chi connectivity index (χ1v) is 8.05. The Kier molecular flexibility index (Phi) is 4.61. The van der Waals surface area contributed by atoms with Gasteiger partial charge in [0.05, 0.1) is 5.41 Å². The molecular formula is C19H20N4O2. The van der Waals surface area contributed by atoms with Crippen molar-refractivity contribution in [2.75, 3.05) is 0 Å². The average molecular weight is 336 g/mol. The van der Waals surface area contributed by atoms with Crippen molar-refractivity contribution >= 4 is 5.97 Å². The molecule has 0 aliphatic rings. The third kappa shape index (κ3) is 3.74. The molecule has 25 heavy (non-hydrogen) atoms. The minimum absolute atomic E-state index is 0.0262. The number of rotatable bonds is 4. The van der Waals surface area contributed by atoms with E-state index in [1.165, 1.54) is 4.68 Å². The second kappa shape index (κ2) is 6.84. The Morgan fingerprint density at radius 3 is 2.32 bits per heavy atom. The predicted octanol–water partition coefficient (Wildman–Crippen LogP) is 3.55. The summed E-state index contributed by atoms with van der Waals surface area (Å²) in [7, 11) is 0. The number of benzene rings is 2. The molecule has 0 aliphatic carbocycles. The number of hydrogen-bond acceptors (Lipinski definition) is 5. The summed E-state index contributed by atoms with van der Waals surface area (Å²) < 4.78 is 6.83. The van der Waals surface area contributed by atoms with Crippen LogP contribution in [-0.2, 0) is 16.3 Å². The van der Waals surface area contributed by atoms with Crippen LogP contribution >= 0.6 is 0 Å². The van der Waals surface area contributed by atoms with Crippen LogP contribution in [0.25, 0.3) is 22.5 Å². The predicted molar refractivity (Wildman–Crippen MR) is 94.2 cm³/mol. The third-order valence-corrected chi connectivity index (χ3v) is 3.71. The highest BCUT2D eigenvalue weighted by Gasteiger charge is 2.24. The maximum absolute atomic E-state index is 12.0. The lowest BCUT2D eigenvalue weighted by Crippen LogP contribution is -2.24. The van der Waals surface area contributed by atoms with Crippen LogP contribution < -0.4 is 0 Å². The number of aromatic nitrogens is 4. The zero-order valence-electron chi connectivity index (χ0n) is 14.5. The van der Waals surface area contributed by atoms with Crippen molar-refractivity contribution in [3.05, 3.63) is 54.6 Å². The first-order chi connectivity index (χ1) is 12.0. The molecule has 3 aromatic rings. The molecule has 2 aromatic carbocycles. The van der Waals surface area contributed by atoms with Gasteiger partial charge in [0.15, 0.2) is 12.6 Å². The smallest absolute Gasteiger partial charge is 0.313 e. The molecule has 0 N–H and O–H groups in total. The Labute approximate surface area is 146 Å². The van der Waals surface area contributed by atoms with Crippen LogP contribution in [0.1, 0.15) is 20.8 Å². The molecule has 0 radical (unpaired) electrons. The summed E-state index contributed by atoms with van der Waals surface area (Å²) in [6, 6.07) is 17.9. The lowest BCUT2D eigenvalue weighted by molar-refractivity contribution is -0.157. The van der Waals surface area contributed by atoms with Crippen molar-refractivity contribution in [2.45, 2.75) is 27.5 Å². The summed E-state index contributed by atoms with van der Waals surface area (Å²) in [6.45, 7) is 5.39. The van der Waals surface area contributed by atoms with Crippen molar-refractivity contribution in [1.82, 2.24) is 20.2 Å². The van der Waals surface area contributed by atoms with Gasteiger partial charge in [-0.15, -0.1) is 5.10 Å². The summed E-state index contributed by atoms with van der Waals surface area (Å²) in [5, 5.41) is 11.8. The Morgan fingerprint density at radius 1 is 1.00 bits per heavy atom. The largest absolute Gasteiger partial charge is 0.442 e. The molecule has 0 saturated carbocycles. The van der Waals surface area contributed by atoms with E-state index >= 15 is 0 Å². The highest BCUT2D eigenvalue weighted by atomic mass is 16.5. The molecule has 0 saturated heterocycles. The summed E-state index contributed by atoms with van der Waals surface area (Å²) in [5.74, 6) is 0.256. The van der Waals surface area contributed by atoms with Gasteiger partial charge in [0.2, 0.25) is 0 Å². The van der Waals surface area contributed by atoms with Gasteiger partial charge in [-0.05, 0) is 42.3 Å². The lowest BCUT2D eigenvalue weighted by Gasteiger charge is -2.16. The van der Waals surface area contributed by atoms with Gasteiger partial charge in [0.1, 0.15) is 0 Å². The molecular weight excluding hydrogens is 316 g/mol. The van der Waals surface area contributed by atoms with Gasteiger partial charge < -0.3 is 4.74 Å². The minimum Gasteiger partial charge on any atom is -0.442 e. The number of carbonyl (C=O) groups is 1. The van der Waals surface area contributed by atoms with E-state index in [1.807, 2.05) is 54.6 Å². The maximum Gasteiger partial charge on any atom is 0.313 e. The highest BCUT2D eigenvalue weighted by Crippen LogP contribution is 2.30. The standard InChI is InChI=1S/C19H20N4O2/c1-19(2,3)18(24)25-13-23-17(20-21-22-23)16-12-8-7-11-15(16)14-9-5-4-6-10-14/h4-12H,13H2,1-3H3. The maximum atomic E-state index is 12.0. The van der Waals surface area contributed by atoms with Crippen LogP contribution in [0.2, 0.25) is 0 Å². The summed E-state index contributed by atoms with van der Waals surface area (Å²) in [6.07, 6.45) is 0. The Balaban J connectivity index is 1.92. The zero-order valence-corrected chi connectivity index (χ0v) is 14.5. The van der Waals surface area contributed by atoms with E-state index in [-0.39, 0.29) is 12.7 Å². The van der Waals surface area contributed by atoms with Gasteiger partial charge in [-0.25, -0.2) is 0 Å². The van der Waals surface area contributed by atoms with Gasteiger partial charge in [-0.2, -0.15) is 4.68 Å². The molecule has 1 heterocycles. The van der Waals surface area contributed by atoms with E-state index in [9.17, 15) is 4.79 Å². The van der Waals surface area contributed by atoms with Crippen molar-refractivity contribution in [3.63, 3.8) is 0 Å². The Hall–Kier alpha value is -3.02. The molecule has 1 aromatic heterocycles. The SMILES string of the molecule is CC(C)(C)C(=O)OCn1nnnc1-c1ccccc1-c1ccccc1. The van der Waals surface area contributed by atoms with Gasteiger partial charge in [-0.3, -0.25) is 4.79 Å². The summed E-state index contributed by atoms with van der Waals surface area (Å²) in [4.78, 5) is 12.0. The lowest BCUT2D eigenvalue weighted by atomic mass is 9.97. The molecule has 128 valence electrons. The monoisotopic (exact) mass is 336 g/mol. The first-order valence-electron chi connectivity index (χ1n) is 8.05. The third-order valence-electron chi connectivity index (χ3n) is 3.71. The van der Waals surface area contributed by atoms with Crippen LogP contribution in [0.3, 0.4) is 0 Å². The number of hydrogen-bond donors (Lipinski definition) is 0. The number of esters is 1. The van der Waals surface area contributed by atoms with E-state index in [4.69, 9.17) is 4.74 Å². The summed E-state index contributed by atoms with van der Waals surface area (Å²) in [5.41, 5.74) is 2.39. The zero-order chi connectivity index (χ0) is 17.9. The summed E-state index contributed by atoms with van der Waals surface area (Å²) >= 11 is 0. The Morgan fingerprint density at radius 2 is 1.64 bits per heavy atom. The molecule has 0 bridgehead atoms. The fourth-order valence-corrected chi connectivity index (χ4v) is 2.37. The number of tetrazole rings is 1. The average Bonchev–Trinajstić information content (AvgIpc) is 3.08. The van der Waals surface area contributed by atoms with Crippen molar-refractivity contribution in [3.8, 4) is 22.5 Å². The van der Waals surface area contributed by atoms with Crippen LogP contribution in [0.15, 0.2) is 54.6 Å². The van der Waals surface area contributed by atoms with E-state index in [0.717, 1.165) is 16.7 Å². The van der Waals surface area contributed by atoms with Crippen molar-refractivity contribution < 1.29 is 9.53 Å². The fraction of sp³-hybridized carbons (Fsp3) is 0.263. The van der Waals surface area contributed by atoms with Crippen LogP contribution in [-0.4, -0.2) is 26.2 Å². The second-order valence-electron chi connectivity index (χ2n) is 6.72. The van der Waals surface area contributed by atoms with E-state index in [0.29, 0.717) is 5.82 Å². The van der Waals surface area contributed by atoms with Crippen LogP contribution in [0.4, 0.5) is 0 Å². The first kappa shape index (κ1) is 16.8. The Bertz CT molecular complexity index is 866. The molecule has 0 atom stereocenters. The molecule has 6 heteroatoms. The quantitative estimate of drug-likeness (QED) is 0.681. The molecule has 0 amide bonds. The van der Waals surface area contributed by atoms with E-state index in [1.54, 1.807) is 20.8 Å². The van der Waals surface area contributed by atoms with E-state index in [2.05, 4.69) is 15.5 Å². The van der Waals surface area contributed by atoms with Gasteiger partial charge >= 0.3 is 5.97 Å². The molecule has 3 rings (SSSR count). The van der Waals surface area contributed by atoms with Crippen LogP contribution in [0.5, 0.6) is 0 Å². The number of nitrogens with zero attached hydrogens (tertiary/aromatic N) is 4. The van der Waals surface area contributed by atoms with Gasteiger partial charge in [0, 0.05) is 5.56 Å². The molecule has 0 fully saturated rings. The molecule has 0 unspecified atom stereocenters. The molecule has 0 spiro atoms. The van der Waals surface area contributed by atoms with Gasteiger partial charge in [-0.1, -0.05) is 54.6 Å². The highest BCUT2D eigenvalue weighted by molar-refractivity contribution is 5.80. The molecule has 0 aliphatic heterocycles. The van der Waals surface area contributed by atoms with Gasteiger partial charge in [0.25, 0.3) is 0 Å². The topological polar surface area (TPSA) is 69.9 Å². The van der Waals surface area contributed by atoms with Crippen molar-refractivity contribution in [1.29, 1.82) is 0 Å². The second-order valence-corrected chi connectivity index (χ2v) is 6.72. The fourth-order valence-electron chi connectivity index (χ4n) is 2.37. The molecule has 6 nitrogen and oxygen atoms in total. The normalized spacial score (nSPS) is 11.3. The number of ether oxygens (including phenoxy) is 1. The van der Waals surface area contributed by atoms with Crippen LogP contribution in [0, 0.1) is 5.41 Å². The minimum atomic E-state index is -0.573. The van der Waals surface area contributed by atoms with E-state index < -0.39 is 5.41 Å². The number of carbonyl (C=O) groups excluding carboxylic acids is 1.